The van der Waals surface area contributed by atoms with E-state index in [2.05, 4.69) is 10.6 Å². The summed E-state index contributed by atoms with van der Waals surface area (Å²) in [5.41, 5.74) is 0.154. The fourth-order valence-corrected chi connectivity index (χ4v) is 1.70. The van der Waals surface area contributed by atoms with Crippen molar-refractivity contribution in [2.24, 2.45) is 0 Å². The molecule has 17 heavy (non-hydrogen) atoms. The van der Waals surface area contributed by atoms with Crippen LogP contribution in [-0.2, 0) is 4.79 Å². The molecule has 4 N–H and O–H groups in total. The molecule has 0 aliphatic carbocycles. The second-order valence-electron chi connectivity index (χ2n) is 3.92. The van der Waals surface area contributed by atoms with Gasteiger partial charge in [0.05, 0.1) is 6.04 Å². The van der Waals surface area contributed by atoms with Gasteiger partial charge in [-0.1, -0.05) is 0 Å². The SMILES string of the molecule is O=C1CC(NC(=O)c2cc(O)cc(O)c2)CN1. The molecule has 1 atom stereocenters. The fourth-order valence-electron chi connectivity index (χ4n) is 1.70. The molecule has 2 rings (SSSR count). The van der Waals surface area contributed by atoms with E-state index in [0.717, 1.165) is 6.07 Å². The van der Waals surface area contributed by atoms with Gasteiger partial charge in [-0.3, -0.25) is 9.59 Å². The van der Waals surface area contributed by atoms with Gasteiger partial charge >= 0.3 is 0 Å². The Bertz CT molecular complexity index is 452. The highest BCUT2D eigenvalue weighted by molar-refractivity contribution is 5.95. The predicted molar refractivity (Wildman–Crippen MR) is 58.7 cm³/mol. The highest BCUT2D eigenvalue weighted by Crippen LogP contribution is 2.20. The van der Waals surface area contributed by atoms with E-state index in [4.69, 9.17) is 0 Å². The fraction of sp³-hybridized carbons (Fsp3) is 0.273. The van der Waals surface area contributed by atoms with Crippen LogP contribution in [0.1, 0.15) is 16.8 Å². The molecule has 2 amide bonds. The topological polar surface area (TPSA) is 98.7 Å². The molecule has 1 fully saturated rings. The molecule has 6 nitrogen and oxygen atoms in total. The minimum atomic E-state index is -0.433. The van der Waals surface area contributed by atoms with Crippen LogP contribution in [-0.4, -0.2) is 34.6 Å². The number of rotatable bonds is 2. The van der Waals surface area contributed by atoms with E-state index in [1.54, 1.807) is 0 Å². The summed E-state index contributed by atoms with van der Waals surface area (Å²) in [4.78, 5) is 22.7. The number of amides is 2. The van der Waals surface area contributed by atoms with Crippen LogP contribution in [0.3, 0.4) is 0 Å². The number of phenolic OH excluding ortho intramolecular Hbond substituents is 2. The first-order valence-corrected chi connectivity index (χ1v) is 5.15. The van der Waals surface area contributed by atoms with E-state index in [-0.39, 0.29) is 35.4 Å². The van der Waals surface area contributed by atoms with Gasteiger partial charge in [-0.25, -0.2) is 0 Å². The van der Waals surface area contributed by atoms with Crippen molar-refractivity contribution in [2.75, 3.05) is 6.54 Å². The number of benzene rings is 1. The molecule has 1 aliphatic rings. The van der Waals surface area contributed by atoms with Crippen LogP contribution in [0.4, 0.5) is 0 Å². The van der Waals surface area contributed by atoms with Crippen LogP contribution in [0.15, 0.2) is 18.2 Å². The maximum atomic E-state index is 11.7. The Labute approximate surface area is 97.3 Å². The molecule has 0 spiro atoms. The lowest BCUT2D eigenvalue weighted by atomic mass is 10.1. The monoisotopic (exact) mass is 236 g/mol. The van der Waals surface area contributed by atoms with E-state index in [1.807, 2.05) is 0 Å². The van der Waals surface area contributed by atoms with Crippen LogP contribution in [0.2, 0.25) is 0 Å². The molecule has 0 aromatic heterocycles. The summed E-state index contributed by atoms with van der Waals surface area (Å²) >= 11 is 0. The zero-order valence-electron chi connectivity index (χ0n) is 8.93. The molecule has 1 aliphatic heterocycles. The number of carbonyl (C=O) groups excluding carboxylic acids is 2. The summed E-state index contributed by atoms with van der Waals surface area (Å²) in [6.45, 7) is 0.398. The Balaban J connectivity index is 2.06. The van der Waals surface area contributed by atoms with Gasteiger partial charge in [0, 0.05) is 24.6 Å². The van der Waals surface area contributed by atoms with Gasteiger partial charge in [-0.15, -0.1) is 0 Å². The molecular weight excluding hydrogens is 224 g/mol. The lowest BCUT2D eigenvalue weighted by Gasteiger charge is -2.10. The third-order valence-electron chi connectivity index (χ3n) is 2.48. The molecule has 1 heterocycles. The Hall–Kier alpha value is -2.24. The van der Waals surface area contributed by atoms with Crippen molar-refractivity contribution < 1.29 is 19.8 Å². The van der Waals surface area contributed by atoms with Gasteiger partial charge in [-0.2, -0.15) is 0 Å². The van der Waals surface area contributed by atoms with Crippen LogP contribution in [0, 0.1) is 0 Å². The molecule has 1 saturated heterocycles. The van der Waals surface area contributed by atoms with Gasteiger partial charge in [0.1, 0.15) is 11.5 Å². The predicted octanol–water partition coefficient (Wildman–Crippen LogP) is -0.284. The molecule has 6 heteroatoms. The molecule has 0 radical (unpaired) electrons. The first kappa shape index (κ1) is 11.3. The maximum absolute atomic E-state index is 11.7. The van der Waals surface area contributed by atoms with E-state index < -0.39 is 5.91 Å². The van der Waals surface area contributed by atoms with E-state index in [9.17, 15) is 19.8 Å². The van der Waals surface area contributed by atoms with Crippen LogP contribution < -0.4 is 10.6 Å². The van der Waals surface area contributed by atoms with Gasteiger partial charge in [0.25, 0.3) is 5.91 Å². The van der Waals surface area contributed by atoms with Gasteiger partial charge in [0.2, 0.25) is 5.91 Å². The quantitative estimate of drug-likeness (QED) is 0.567. The number of nitrogens with one attached hydrogen (secondary N) is 2. The van der Waals surface area contributed by atoms with Crippen molar-refractivity contribution in [3.8, 4) is 11.5 Å². The van der Waals surface area contributed by atoms with Crippen LogP contribution in [0.5, 0.6) is 11.5 Å². The minimum Gasteiger partial charge on any atom is -0.508 e. The van der Waals surface area contributed by atoms with E-state index in [0.29, 0.717) is 6.54 Å². The third-order valence-corrected chi connectivity index (χ3v) is 2.48. The summed E-state index contributed by atoms with van der Waals surface area (Å²) in [6, 6.07) is 3.38. The average molecular weight is 236 g/mol. The number of aromatic hydroxyl groups is 2. The van der Waals surface area contributed by atoms with Crippen molar-refractivity contribution in [2.45, 2.75) is 12.5 Å². The Morgan fingerprint density at radius 1 is 1.29 bits per heavy atom. The number of carbonyl (C=O) groups is 2. The van der Waals surface area contributed by atoms with E-state index >= 15 is 0 Å². The Morgan fingerprint density at radius 2 is 1.94 bits per heavy atom. The smallest absolute Gasteiger partial charge is 0.251 e. The minimum absolute atomic E-state index is 0.103. The Kier molecular flexibility index (Phi) is 2.86. The molecule has 1 unspecified atom stereocenters. The summed E-state index contributed by atoms with van der Waals surface area (Å²) in [5, 5.41) is 23.7. The summed E-state index contributed by atoms with van der Waals surface area (Å²) in [7, 11) is 0. The molecule has 0 bridgehead atoms. The summed E-state index contributed by atoms with van der Waals surface area (Å²) in [6.07, 6.45) is 0.247. The highest BCUT2D eigenvalue weighted by Gasteiger charge is 2.23. The van der Waals surface area contributed by atoms with Crippen molar-refractivity contribution in [1.29, 1.82) is 0 Å². The first-order valence-electron chi connectivity index (χ1n) is 5.15. The molecule has 1 aromatic rings. The van der Waals surface area contributed by atoms with Crippen LogP contribution in [0.25, 0.3) is 0 Å². The maximum Gasteiger partial charge on any atom is 0.251 e. The molecule has 1 aromatic carbocycles. The Morgan fingerprint density at radius 3 is 2.47 bits per heavy atom. The van der Waals surface area contributed by atoms with Crippen LogP contribution >= 0.6 is 0 Å². The molecule has 0 saturated carbocycles. The van der Waals surface area contributed by atoms with Crippen molar-refractivity contribution in [3.05, 3.63) is 23.8 Å². The number of hydrogen-bond donors (Lipinski definition) is 4. The standard InChI is InChI=1S/C11H12N2O4/c14-8-1-6(2-9(15)4-8)11(17)13-7-3-10(16)12-5-7/h1-2,4,7,14-15H,3,5H2,(H,12,16)(H,13,17). The van der Waals surface area contributed by atoms with Crippen molar-refractivity contribution >= 4 is 11.8 Å². The van der Waals surface area contributed by atoms with Gasteiger partial charge in [0.15, 0.2) is 0 Å². The highest BCUT2D eigenvalue weighted by atomic mass is 16.3. The second kappa shape index (κ2) is 4.32. The second-order valence-corrected chi connectivity index (χ2v) is 3.92. The largest absolute Gasteiger partial charge is 0.508 e. The number of phenols is 2. The van der Waals surface area contributed by atoms with Gasteiger partial charge in [-0.05, 0) is 12.1 Å². The van der Waals surface area contributed by atoms with Crippen molar-refractivity contribution in [1.82, 2.24) is 10.6 Å². The average Bonchev–Trinajstić information content (AvgIpc) is 2.62. The lowest BCUT2D eigenvalue weighted by molar-refractivity contribution is -0.119. The van der Waals surface area contributed by atoms with Crippen molar-refractivity contribution in [3.63, 3.8) is 0 Å². The summed E-state index contributed by atoms with van der Waals surface area (Å²) in [5.74, 6) is -0.904. The van der Waals surface area contributed by atoms with E-state index in [1.165, 1.54) is 12.1 Å². The normalized spacial score (nSPS) is 18.8. The first-order chi connectivity index (χ1) is 8.04. The molecular formula is C11H12N2O4. The zero-order chi connectivity index (χ0) is 12.4. The lowest BCUT2D eigenvalue weighted by Crippen LogP contribution is -2.36. The van der Waals surface area contributed by atoms with Gasteiger partial charge < -0.3 is 20.8 Å². The number of hydrogen-bond acceptors (Lipinski definition) is 4. The summed E-state index contributed by atoms with van der Waals surface area (Å²) < 4.78 is 0. The third kappa shape index (κ3) is 2.66. The molecule has 90 valence electrons. The zero-order valence-corrected chi connectivity index (χ0v) is 8.93.